The van der Waals surface area contributed by atoms with Crippen LogP contribution in [-0.2, 0) is 16.2 Å². The average molecular weight is 427 g/mol. The molecule has 0 atom stereocenters. The van der Waals surface area contributed by atoms with Gasteiger partial charge in [0.1, 0.15) is 5.69 Å². The summed E-state index contributed by atoms with van der Waals surface area (Å²) in [7, 11) is 0. The number of aromatic nitrogens is 2. The number of nitrogens with zero attached hydrogens (tertiary/aromatic N) is 3. The Bertz CT molecular complexity index is 1470. The smallest absolute Gasteiger partial charge is 0.332 e. The molecule has 4 aromatic rings. The number of rotatable bonds is 4. The van der Waals surface area contributed by atoms with Crippen molar-refractivity contribution in [3.8, 4) is 5.75 Å². The van der Waals surface area contributed by atoms with Gasteiger partial charge in [-0.25, -0.2) is 4.79 Å². The number of fused-ring (bicyclic) bond motifs is 5. The van der Waals surface area contributed by atoms with Gasteiger partial charge in [0, 0.05) is 36.1 Å². The highest BCUT2D eigenvalue weighted by Gasteiger charge is 2.33. The summed E-state index contributed by atoms with van der Waals surface area (Å²) in [5.41, 5.74) is 2.89. The average Bonchev–Trinajstić information content (AvgIpc) is 3.31. The number of aryl methyl sites for hydroxylation is 1. The molecule has 8 nitrogen and oxygen atoms in total. The molecule has 0 aliphatic carbocycles. The van der Waals surface area contributed by atoms with Gasteiger partial charge in [-0.3, -0.25) is 14.6 Å². The standard InChI is InChI=1S/C24H17N3O5/c1-3-27-18-9-7-14(21(29)17-6-4-5-11-25-17)12-16(18)20-19(27)10-8-15-22(30)24(31-23(15)20)26-32-13(2)28/h4-12H,3H2,1-2H3. The maximum atomic E-state index is 13.0. The molecule has 3 heterocycles. The lowest BCUT2D eigenvalue weighted by Crippen LogP contribution is -2.13. The van der Waals surface area contributed by atoms with E-state index in [-0.39, 0.29) is 11.7 Å². The number of ketones is 2. The Kier molecular flexibility index (Phi) is 4.55. The zero-order chi connectivity index (χ0) is 22.4. The van der Waals surface area contributed by atoms with Gasteiger partial charge in [0.15, 0.2) is 5.75 Å². The van der Waals surface area contributed by atoms with E-state index in [4.69, 9.17) is 4.74 Å². The molecular weight excluding hydrogens is 410 g/mol. The van der Waals surface area contributed by atoms with Gasteiger partial charge in [-0.1, -0.05) is 6.07 Å². The van der Waals surface area contributed by atoms with Crippen molar-refractivity contribution >= 4 is 45.2 Å². The highest BCUT2D eigenvalue weighted by molar-refractivity contribution is 6.47. The van der Waals surface area contributed by atoms with E-state index in [1.54, 1.807) is 42.6 Å². The van der Waals surface area contributed by atoms with Crippen molar-refractivity contribution in [1.82, 2.24) is 9.55 Å². The van der Waals surface area contributed by atoms with Gasteiger partial charge >= 0.3 is 11.9 Å². The molecule has 0 fully saturated rings. The van der Waals surface area contributed by atoms with Crippen molar-refractivity contribution < 1.29 is 24.0 Å². The zero-order valence-electron chi connectivity index (χ0n) is 17.3. The molecule has 0 bridgehead atoms. The third-order valence-corrected chi connectivity index (χ3v) is 5.35. The molecule has 2 aromatic heterocycles. The molecule has 158 valence electrons. The molecule has 8 heteroatoms. The quantitative estimate of drug-likeness (QED) is 0.278. The Morgan fingerprint density at radius 3 is 2.66 bits per heavy atom. The largest absolute Gasteiger partial charge is 0.432 e. The van der Waals surface area contributed by atoms with Crippen LogP contribution in [0.5, 0.6) is 5.75 Å². The third-order valence-electron chi connectivity index (χ3n) is 5.35. The molecule has 1 aliphatic rings. The van der Waals surface area contributed by atoms with Gasteiger partial charge in [-0.15, -0.1) is 0 Å². The van der Waals surface area contributed by atoms with Crippen LogP contribution in [0.2, 0.25) is 0 Å². The summed E-state index contributed by atoms with van der Waals surface area (Å²) in [6.45, 7) is 3.87. The van der Waals surface area contributed by atoms with Crippen LogP contribution in [0.25, 0.3) is 21.8 Å². The monoisotopic (exact) mass is 427 g/mol. The first kappa shape index (κ1) is 19.6. The van der Waals surface area contributed by atoms with Crippen molar-refractivity contribution in [3.63, 3.8) is 0 Å². The summed E-state index contributed by atoms with van der Waals surface area (Å²) in [5, 5.41) is 5.00. The summed E-state index contributed by atoms with van der Waals surface area (Å²) >= 11 is 0. The minimum atomic E-state index is -0.657. The number of benzene rings is 2. The van der Waals surface area contributed by atoms with Gasteiger partial charge in [-0.2, -0.15) is 0 Å². The molecule has 0 unspecified atom stereocenters. The fourth-order valence-corrected chi connectivity index (χ4v) is 3.99. The number of Topliss-reactive ketones (excluding diaryl/α,β-unsaturated/α-hetero) is 1. The lowest BCUT2D eigenvalue weighted by Gasteiger charge is -2.04. The molecule has 1 aliphatic heterocycles. The second-order valence-corrected chi connectivity index (χ2v) is 7.27. The van der Waals surface area contributed by atoms with E-state index in [0.717, 1.165) is 16.4 Å². The molecule has 5 rings (SSSR count). The highest BCUT2D eigenvalue weighted by atomic mass is 16.7. The van der Waals surface area contributed by atoms with E-state index in [1.165, 1.54) is 6.92 Å². The first-order chi connectivity index (χ1) is 15.5. The van der Waals surface area contributed by atoms with Crippen molar-refractivity contribution in [3.05, 3.63) is 71.5 Å². The Balaban J connectivity index is 1.73. The van der Waals surface area contributed by atoms with Crippen molar-refractivity contribution in [1.29, 1.82) is 0 Å². The Morgan fingerprint density at radius 2 is 1.94 bits per heavy atom. The molecule has 0 spiro atoms. The Morgan fingerprint density at radius 1 is 1.12 bits per heavy atom. The van der Waals surface area contributed by atoms with E-state index in [2.05, 4.69) is 19.5 Å². The molecule has 2 aromatic carbocycles. The molecule has 0 amide bonds. The maximum absolute atomic E-state index is 13.0. The van der Waals surface area contributed by atoms with Gasteiger partial charge in [0.25, 0.3) is 5.78 Å². The van der Waals surface area contributed by atoms with Gasteiger partial charge < -0.3 is 14.1 Å². The molecule has 0 N–H and O–H groups in total. The summed E-state index contributed by atoms with van der Waals surface area (Å²) in [6, 6.07) is 14.1. The predicted octanol–water partition coefficient (Wildman–Crippen LogP) is 3.89. The first-order valence-corrected chi connectivity index (χ1v) is 10.0. The third kappa shape index (κ3) is 2.96. The predicted molar refractivity (Wildman–Crippen MR) is 117 cm³/mol. The molecule has 0 saturated heterocycles. The molecule has 0 saturated carbocycles. The summed E-state index contributed by atoms with van der Waals surface area (Å²) in [4.78, 5) is 45.5. The van der Waals surface area contributed by atoms with Crippen LogP contribution in [0.3, 0.4) is 0 Å². The SMILES string of the molecule is CCn1c2ccc(C(=O)c3ccccn3)cc2c2c3c(ccc21)C(=O)C(=NOC(C)=O)O3. The summed E-state index contributed by atoms with van der Waals surface area (Å²) in [6.07, 6.45) is 1.57. The number of ether oxygens (including phenoxy) is 1. The number of carbonyl (C=O) groups is 3. The van der Waals surface area contributed by atoms with E-state index in [9.17, 15) is 14.4 Å². The fraction of sp³-hybridized carbons (Fsp3) is 0.125. The first-order valence-electron chi connectivity index (χ1n) is 10.0. The van der Waals surface area contributed by atoms with Crippen LogP contribution in [-0.4, -0.2) is 33.0 Å². The van der Waals surface area contributed by atoms with Crippen LogP contribution in [0.4, 0.5) is 0 Å². The van der Waals surface area contributed by atoms with E-state index >= 15 is 0 Å². The summed E-state index contributed by atoms with van der Waals surface area (Å²) in [5.74, 6) is -1.30. The second kappa shape index (κ2) is 7.42. The minimum Gasteiger partial charge on any atom is -0.432 e. The van der Waals surface area contributed by atoms with E-state index in [1.807, 2.05) is 19.1 Å². The topological polar surface area (TPSA) is 99.9 Å². The van der Waals surface area contributed by atoms with Crippen LogP contribution in [0, 0.1) is 0 Å². The van der Waals surface area contributed by atoms with Crippen LogP contribution >= 0.6 is 0 Å². The number of hydrogen-bond donors (Lipinski definition) is 0. The van der Waals surface area contributed by atoms with Crippen molar-refractivity contribution in [2.24, 2.45) is 5.16 Å². The van der Waals surface area contributed by atoms with Crippen LogP contribution in [0.15, 0.2) is 59.9 Å². The normalized spacial score (nSPS) is 14.1. The van der Waals surface area contributed by atoms with E-state index < -0.39 is 11.8 Å². The van der Waals surface area contributed by atoms with Gasteiger partial charge in [0.2, 0.25) is 5.78 Å². The van der Waals surface area contributed by atoms with Crippen LogP contribution in [0.1, 0.15) is 40.3 Å². The molecular formula is C24H17N3O5. The van der Waals surface area contributed by atoms with Crippen LogP contribution < -0.4 is 4.74 Å². The van der Waals surface area contributed by atoms with Crippen molar-refractivity contribution in [2.45, 2.75) is 20.4 Å². The second-order valence-electron chi connectivity index (χ2n) is 7.27. The maximum Gasteiger partial charge on any atom is 0.332 e. The fourth-order valence-electron chi connectivity index (χ4n) is 3.99. The van der Waals surface area contributed by atoms with Gasteiger partial charge in [0.05, 0.1) is 16.5 Å². The number of carbonyl (C=O) groups excluding carboxylic acids is 3. The Hall–Kier alpha value is -4.33. The number of oxime groups is 1. The lowest BCUT2D eigenvalue weighted by molar-refractivity contribution is -0.141. The number of pyridine rings is 1. The Labute approximate surface area is 182 Å². The lowest BCUT2D eigenvalue weighted by atomic mass is 10.0. The van der Waals surface area contributed by atoms with E-state index in [0.29, 0.717) is 34.5 Å². The summed E-state index contributed by atoms with van der Waals surface area (Å²) < 4.78 is 7.82. The van der Waals surface area contributed by atoms with Crippen molar-refractivity contribution in [2.75, 3.05) is 0 Å². The van der Waals surface area contributed by atoms with Gasteiger partial charge in [-0.05, 0) is 54.5 Å². The highest BCUT2D eigenvalue weighted by Crippen LogP contribution is 2.41. The number of hydrogen-bond acceptors (Lipinski definition) is 7. The molecule has 32 heavy (non-hydrogen) atoms. The molecule has 0 radical (unpaired) electrons. The minimum absolute atomic E-state index is 0.202. The zero-order valence-corrected chi connectivity index (χ0v) is 17.3.